The highest BCUT2D eigenvalue weighted by Gasteiger charge is 2.35. The molecular formula is C22H22N4OS2. The lowest BCUT2D eigenvalue weighted by atomic mass is 10.1. The van der Waals surface area contributed by atoms with Gasteiger partial charge in [0.15, 0.2) is 5.82 Å². The number of methoxy groups -OCH3 is 1. The van der Waals surface area contributed by atoms with Gasteiger partial charge in [-0.15, -0.1) is 22.7 Å². The molecule has 148 valence electrons. The molecule has 0 saturated heterocycles. The molecule has 29 heavy (non-hydrogen) atoms. The normalized spacial score (nSPS) is 15.0. The minimum absolute atomic E-state index is 0.186. The van der Waals surface area contributed by atoms with Crippen LogP contribution in [-0.2, 0) is 11.3 Å². The van der Waals surface area contributed by atoms with Crippen molar-refractivity contribution >= 4 is 38.7 Å². The Balaban J connectivity index is 1.63. The first-order valence-electron chi connectivity index (χ1n) is 9.74. The number of hydrogen-bond acceptors (Lipinski definition) is 7. The lowest BCUT2D eigenvalue weighted by Gasteiger charge is -2.18. The molecule has 4 aromatic rings. The number of hydrogen-bond donors (Lipinski definition) is 1. The maximum absolute atomic E-state index is 5.32. The van der Waals surface area contributed by atoms with Crippen LogP contribution in [-0.4, -0.2) is 22.1 Å². The van der Waals surface area contributed by atoms with Gasteiger partial charge in [-0.25, -0.2) is 15.0 Å². The highest BCUT2D eigenvalue weighted by atomic mass is 32.1. The van der Waals surface area contributed by atoms with E-state index in [2.05, 4.69) is 46.9 Å². The molecule has 0 spiro atoms. The molecule has 1 fully saturated rings. The van der Waals surface area contributed by atoms with Crippen LogP contribution >= 0.6 is 22.7 Å². The van der Waals surface area contributed by atoms with Gasteiger partial charge in [-0.2, -0.15) is 0 Å². The van der Waals surface area contributed by atoms with Crippen LogP contribution < -0.4 is 5.32 Å². The third-order valence-corrected chi connectivity index (χ3v) is 7.00. The van der Waals surface area contributed by atoms with Gasteiger partial charge in [0.1, 0.15) is 22.3 Å². The lowest BCUT2D eigenvalue weighted by Crippen LogP contribution is -2.15. The maximum Gasteiger partial charge on any atom is 0.158 e. The molecule has 1 saturated carbocycles. The Hall–Kier alpha value is -2.35. The first-order chi connectivity index (χ1) is 14.2. The maximum atomic E-state index is 5.32. The zero-order chi connectivity index (χ0) is 19.8. The van der Waals surface area contributed by atoms with Crippen molar-refractivity contribution in [2.24, 2.45) is 5.92 Å². The fourth-order valence-corrected chi connectivity index (χ4v) is 5.47. The summed E-state index contributed by atoms with van der Waals surface area (Å²) in [6.07, 6.45) is 4.41. The van der Waals surface area contributed by atoms with Crippen LogP contribution in [0.25, 0.3) is 21.3 Å². The molecule has 5 nitrogen and oxygen atoms in total. The number of rotatable bonds is 7. The number of nitrogens with zero attached hydrogens (tertiary/aromatic N) is 3. The number of anilines is 1. The quantitative estimate of drug-likeness (QED) is 0.406. The molecule has 0 bridgehead atoms. The van der Waals surface area contributed by atoms with E-state index in [-0.39, 0.29) is 6.04 Å². The zero-order valence-corrected chi connectivity index (χ0v) is 18.0. The summed E-state index contributed by atoms with van der Waals surface area (Å²) in [7, 11) is 1.68. The molecule has 1 aliphatic carbocycles. The second kappa shape index (κ2) is 7.82. The molecular weight excluding hydrogens is 400 g/mol. The number of fused-ring (bicyclic) bond motifs is 1. The highest BCUT2D eigenvalue weighted by Crippen LogP contribution is 2.45. The summed E-state index contributed by atoms with van der Waals surface area (Å²) in [4.78, 5) is 16.5. The van der Waals surface area contributed by atoms with Crippen LogP contribution in [0.2, 0.25) is 0 Å². The molecule has 3 heterocycles. The Morgan fingerprint density at radius 1 is 1.21 bits per heavy atom. The van der Waals surface area contributed by atoms with Gasteiger partial charge in [0.25, 0.3) is 0 Å². The van der Waals surface area contributed by atoms with E-state index in [9.17, 15) is 0 Å². The Kier molecular flexibility index (Phi) is 5.03. The molecule has 5 rings (SSSR count). The molecule has 0 amide bonds. The third-order valence-electron chi connectivity index (χ3n) is 5.13. The second-order valence-electron chi connectivity index (χ2n) is 7.39. The number of thiazole rings is 1. The Morgan fingerprint density at radius 3 is 2.72 bits per heavy atom. The summed E-state index contributed by atoms with van der Waals surface area (Å²) < 4.78 is 5.32. The van der Waals surface area contributed by atoms with Crippen molar-refractivity contribution in [3.8, 4) is 11.1 Å². The van der Waals surface area contributed by atoms with Crippen LogP contribution in [0, 0.1) is 12.8 Å². The van der Waals surface area contributed by atoms with Crippen molar-refractivity contribution in [3.05, 3.63) is 57.6 Å². The molecule has 1 N–H and O–H groups in total. The summed E-state index contributed by atoms with van der Waals surface area (Å²) in [6.45, 7) is 2.50. The average molecular weight is 423 g/mol. The first-order valence-corrected chi connectivity index (χ1v) is 11.4. The van der Waals surface area contributed by atoms with Crippen LogP contribution in [0.5, 0.6) is 0 Å². The topological polar surface area (TPSA) is 59.9 Å². The molecule has 0 radical (unpaired) electrons. The molecule has 7 heteroatoms. The van der Waals surface area contributed by atoms with E-state index < -0.39 is 0 Å². The van der Waals surface area contributed by atoms with Crippen molar-refractivity contribution < 1.29 is 4.74 Å². The van der Waals surface area contributed by atoms with Crippen LogP contribution in [0.1, 0.15) is 34.6 Å². The van der Waals surface area contributed by atoms with Crippen LogP contribution in [0.15, 0.2) is 41.9 Å². The predicted molar refractivity (Wildman–Crippen MR) is 120 cm³/mol. The first kappa shape index (κ1) is 18.7. The van der Waals surface area contributed by atoms with Crippen molar-refractivity contribution in [2.75, 3.05) is 12.4 Å². The number of thiophene rings is 1. The summed E-state index contributed by atoms with van der Waals surface area (Å²) in [5.41, 5.74) is 2.35. The number of aromatic nitrogens is 3. The highest BCUT2D eigenvalue weighted by molar-refractivity contribution is 7.17. The average Bonchev–Trinajstić information content (AvgIpc) is 3.34. The molecule has 1 atom stereocenters. The molecule has 0 unspecified atom stereocenters. The predicted octanol–water partition coefficient (Wildman–Crippen LogP) is 5.83. The number of benzene rings is 1. The SMILES string of the molecule is COCc1nc(N[C@@H](c2ncc(C)s2)C2CC2)c2c(-c3ccccc3)csc2n1. The van der Waals surface area contributed by atoms with Crippen LogP contribution in [0.3, 0.4) is 0 Å². The zero-order valence-electron chi connectivity index (χ0n) is 16.4. The Morgan fingerprint density at radius 2 is 2.03 bits per heavy atom. The fourth-order valence-electron chi connectivity index (χ4n) is 3.59. The van der Waals surface area contributed by atoms with E-state index in [0.29, 0.717) is 18.3 Å². The largest absolute Gasteiger partial charge is 0.377 e. The van der Waals surface area contributed by atoms with Crippen molar-refractivity contribution in [1.82, 2.24) is 15.0 Å². The van der Waals surface area contributed by atoms with Gasteiger partial charge < -0.3 is 10.1 Å². The number of nitrogens with one attached hydrogen (secondary N) is 1. The molecule has 3 aromatic heterocycles. The van der Waals surface area contributed by atoms with Crippen LogP contribution in [0.4, 0.5) is 5.82 Å². The summed E-state index contributed by atoms with van der Waals surface area (Å²) >= 11 is 3.42. The van der Waals surface area contributed by atoms with Gasteiger partial charge in [0, 0.05) is 29.1 Å². The van der Waals surface area contributed by atoms with E-state index >= 15 is 0 Å². The van der Waals surface area contributed by atoms with E-state index in [1.165, 1.54) is 28.8 Å². The smallest absolute Gasteiger partial charge is 0.158 e. The minimum Gasteiger partial charge on any atom is -0.377 e. The van der Waals surface area contributed by atoms with Gasteiger partial charge in [-0.1, -0.05) is 30.3 Å². The van der Waals surface area contributed by atoms with Gasteiger partial charge in [0.2, 0.25) is 0 Å². The Labute approximate surface area is 177 Å². The number of aryl methyl sites for hydroxylation is 1. The van der Waals surface area contributed by atoms with E-state index in [1.807, 2.05) is 12.3 Å². The fraction of sp³-hybridized carbons (Fsp3) is 0.318. The van der Waals surface area contributed by atoms with Gasteiger partial charge in [0.05, 0.1) is 11.4 Å². The number of ether oxygens (including phenoxy) is 1. The monoisotopic (exact) mass is 422 g/mol. The van der Waals surface area contributed by atoms with Gasteiger partial charge in [-0.05, 0) is 31.2 Å². The van der Waals surface area contributed by atoms with Crippen molar-refractivity contribution in [3.63, 3.8) is 0 Å². The van der Waals surface area contributed by atoms with E-state index in [4.69, 9.17) is 14.7 Å². The van der Waals surface area contributed by atoms with Gasteiger partial charge in [-0.3, -0.25) is 0 Å². The second-order valence-corrected chi connectivity index (χ2v) is 9.51. The summed E-state index contributed by atoms with van der Waals surface area (Å²) in [5.74, 6) is 2.19. The third kappa shape index (κ3) is 3.77. The lowest BCUT2D eigenvalue weighted by molar-refractivity contribution is 0.178. The van der Waals surface area contributed by atoms with Crippen molar-refractivity contribution in [1.29, 1.82) is 0 Å². The van der Waals surface area contributed by atoms with Gasteiger partial charge >= 0.3 is 0 Å². The molecule has 0 aliphatic heterocycles. The summed E-state index contributed by atoms with van der Waals surface area (Å²) in [5, 5.41) is 8.16. The van der Waals surface area contributed by atoms with E-state index in [0.717, 1.165) is 21.0 Å². The molecule has 1 aliphatic rings. The molecule has 1 aromatic carbocycles. The standard InChI is InChI=1S/C22H22N4OS2/c1-13-10-23-22(29-13)19(15-8-9-15)26-20-18-16(14-6-4-3-5-7-14)12-28-21(18)25-17(24-20)11-27-2/h3-7,10,12,15,19H,8-9,11H2,1-2H3,(H,24,25,26)/t19-/m1/s1. The van der Waals surface area contributed by atoms with E-state index in [1.54, 1.807) is 29.8 Å². The van der Waals surface area contributed by atoms with Crippen molar-refractivity contribution in [2.45, 2.75) is 32.4 Å². The minimum atomic E-state index is 0.186. The summed E-state index contributed by atoms with van der Waals surface area (Å²) in [6, 6.07) is 10.6. The Bertz CT molecular complexity index is 1130.